The van der Waals surface area contributed by atoms with Crippen LogP contribution in [0.4, 0.5) is 0 Å². The molecule has 2 rings (SSSR count). The van der Waals surface area contributed by atoms with Gasteiger partial charge in [0.2, 0.25) is 0 Å². The van der Waals surface area contributed by atoms with E-state index in [0.717, 1.165) is 18.4 Å². The largest absolute Gasteiger partial charge is 0.332 e. The predicted octanol–water partition coefficient (Wildman–Crippen LogP) is 5.69. The smallest absolute Gasteiger partial charge is 0.254 e. The number of carbonyl (C=O) groups is 1. The van der Waals surface area contributed by atoms with Crippen LogP contribution in [-0.4, -0.2) is 16.8 Å². The van der Waals surface area contributed by atoms with E-state index in [9.17, 15) is 4.79 Å². The monoisotopic (exact) mass is 362 g/mol. The molecule has 0 saturated carbocycles. The quantitative estimate of drug-likeness (QED) is 0.663. The van der Waals surface area contributed by atoms with Crippen LogP contribution in [0.2, 0.25) is 0 Å². The first-order valence-electron chi connectivity index (χ1n) is 9.66. The molecule has 3 nitrogen and oxygen atoms in total. The van der Waals surface area contributed by atoms with E-state index < -0.39 is 0 Å². The first-order chi connectivity index (χ1) is 12.8. The highest BCUT2D eigenvalue weighted by atomic mass is 16.2. The maximum absolute atomic E-state index is 13.2. The summed E-state index contributed by atoms with van der Waals surface area (Å²) in [6.45, 7) is 11.4. The molecule has 3 heteroatoms. The number of rotatable bonds is 6. The van der Waals surface area contributed by atoms with E-state index >= 15 is 0 Å². The third-order valence-electron chi connectivity index (χ3n) is 4.91. The van der Waals surface area contributed by atoms with Crippen LogP contribution in [0.25, 0.3) is 0 Å². The minimum Gasteiger partial charge on any atom is -0.332 e. The van der Waals surface area contributed by atoms with Gasteiger partial charge in [0, 0.05) is 18.2 Å². The van der Waals surface area contributed by atoms with Crippen molar-refractivity contribution in [2.24, 2.45) is 0 Å². The highest BCUT2D eigenvalue weighted by molar-refractivity contribution is 5.94. The zero-order valence-electron chi connectivity index (χ0n) is 17.1. The van der Waals surface area contributed by atoms with Gasteiger partial charge < -0.3 is 4.90 Å². The lowest BCUT2D eigenvalue weighted by Gasteiger charge is -2.30. The fraction of sp³-hybridized carbons (Fsp3) is 0.417. The molecule has 0 saturated heterocycles. The Kier molecular flexibility index (Phi) is 6.80. The average Bonchev–Trinajstić information content (AvgIpc) is 2.65. The molecule has 0 fully saturated rings. The molecule has 2 aromatic carbocycles. The summed E-state index contributed by atoms with van der Waals surface area (Å²) in [5.41, 5.74) is 3.60. The topological polar surface area (TPSA) is 44.1 Å². The highest BCUT2D eigenvalue weighted by Gasteiger charge is 2.22. The van der Waals surface area contributed by atoms with E-state index in [1.54, 1.807) is 24.3 Å². The van der Waals surface area contributed by atoms with Gasteiger partial charge in [-0.15, -0.1) is 0 Å². The van der Waals surface area contributed by atoms with Gasteiger partial charge in [-0.2, -0.15) is 5.26 Å². The van der Waals surface area contributed by atoms with Crippen molar-refractivity contribution < 1.29 is 4.79 Å². The van der Waals surface area contributed by atoms with Gasteiger partial charge in [-0.25, -0.2) is 0 Å². The molecule has 2 aromatic rings. The third-order valence-corrected chi connectivity index (χ3v) is 4.91. The Balaban J connectivity index is 2.29. The van der Waals surface area contributed by atoms with Crippen LogP contribution in [0.1, 0.15) is 74.5 Å². The summed E-state index contributed by atoms with van der Waals surface area (Å²) in [7, 11) is 0. The molecule has 0 aliphatic carbocycles. The Labute approximate surface area is 163 Å². The molecule has 1 unspecified atom stereocenters. The Morgan fingerprint density at radius 3 is 2.37 bits per heavy atom. The number of carbonyl (C=O) groups excluding carboxylic acids is 1. The van der Waals surface area contributed by atoms with Gasteiger partial charge in [0.15, 0.2) is 0 Å². The van der Waals surface area contributed by atoms with Crippen LogP contribution in [-0.2, 0) is 12.0 Å². The van der Waals surface area contributed by atoms with E-state index in [2.05, 4.69) is 65.0 Å². The second-order valence-corrected chi connectivity index (χ2v) is 8.21. The maximum Gasteiger partial charge on any atom is 0.254 e. The van der Waals surface area contributed by atoms with Gasteiger partial charge in [-0.05, 0) is 48.1 Å². The van der Waals surface area contributed by atoms with Crippen molar-refractivity contribution in [2.45, 2.75) is 65.5 Å². The van der Waals surface area contributed by atoms with E-state index in [-0.39, 0.29) is 17.4 Å². The summed E-state index contributed by atoms with van der Waals surface area (Å²) in [5, 5.41) is 9.13. The number of hydrogen-bond donors (Lipinski definition) is 0. The van der Waals surface area contributed by atoms with Gasteiger partial charge in [0.05, 0.1) is 11.6 Å². The summed E-state index contributed by atoms with van der Waals surface area (Å²) < 4.78 is 0. The van der Waals surface area contributed by atoms with Crippen LogP contribution in [0.15, 0.2) is 48.5 Å². The van der Waals surface area contributed by atoms with E-state index in [1.165, 1.54) is 5.56 Å². The zero-order chi connectivity index (χ0) is 20.0. The van der Waals surface area contributed by atoms with Crippen molar-refractivity contribution in [1.29, 1.82) is 5.26 Å². The molecule has 0 radical (unpaired) electrons. The van der Waals surface area contributed by atoms with Crippen molar-refractivity contribution in [1.82, 2.24) is 4.90 Å². The minimum absolute atomic E-state index is 0.0204. The molecule has 27 heavy (non-hydrogen) atoms. The van der Waals surface area contributed by atoms with Gasteiger partial charge in [-0.1, -0.05) is 64.4 Å². The molecule has 0 aliphatic heterocycles. The van der Waals surface area contributed by atoms with E-state index in [0.29, 0.717) is 17.7 Å². The summed E-state index contributed by atoms with van der Waals surface area (Å²) in [6, 6.07) is 17.7. The molecule has 0 N–H and O–H groups in total. The van der Waals surface area contributed by atoms with Crippen molar-refractivity contribution in [3.63, 3.8) is 0 Å². The lowest BCUT2D eigenvalue weighted by Crippen LogP contribution is -2.38. The number of amides is 1. The Bertz CT molecular complexity index is 810. The SMILES string of the molecule is CCCC(C)N(Cc1ccc(C(C)(C)C)cc1)C(=O)c1cccc(C#N)c1. The second kappa shape index (κ2) is 8.86. The van der Waals surface area contributed by atoms with Gasteiger partial charge >= 0.3 is 0 Å². The first-order valence-corrected chi connectivity index (χ1v) is 9.66. The Morgan fingerprint density at radius 1 is 1.15 bits per heavy atom. The lowest BCUT2D eigenvalue weighted by molar-refractivity contribution is 0.0666. The van der Waals surface area contributed by atoms with Crippen molar-refractivity contribution in [2.75, 3.05) is 0 Å². The van der Waals surface area contributed by atoms with Crippen LogP contribution in [0, 0.1) is 11.3 Å². The molecule has 0 aromatic heterocycles. The molecule has 142 valence electrons. The van der Waals surface area contributed by atoms with Gasteiger partial charge in [0.1, 0.15) is 0 Å². The summed E-state index contributed by atoms with van der Waals surface area (Å²) in [5.74, 6) is -0.0204. The Hall–Kier alpha value is -2.60. The minimum atomic E-state index is -0.0204. The Morgan fingerprint density at radius 2 is 1.81 bits per heavy atom. The predicted molar refractivity (Wildman–Crippen MR) is 111 cm³/mol. The summed E-state index contributed by atoms with van der Waals surface area (Å²) in [4.78, 5) is 15.1. The van der Waals surface area contributed by atoms with E-state index in [1.807, 2.05) is 4.90 Å². The fourth-order valence-electron chi connectivity index (χ4n) is 3.20. The fourth-order valence-corrected chi connectivity index (χ4v) is 3.20. The first kappa shape index (κ1) is 20.7. The summed E-state index contributed by atoms with van der Waals surface area (Å²) >= 11 is 0. The van der Waals surface area contributed by atoms with Gasteiger partial charge in [-0.3, -0.25) is 4.79 Å². The van der Waals surface area contributed by atoms with E-state index in [4.69, 9.17) is 5.26 Å². The van der Waals surface area contributed by atoms with Crippen LogP contribution >= 0.6 is 0 Å². The molecule has 0 aliphatic rings. The molecule has 1 atom stereocenters. The average molecular weight is 363 g/mol. The van der Waals surface area contributed by atoms with Crippen molar-refractivity contribution in [3.05, 3.63) is 70.8 Å². The molecule has 1 amide bonds. The second-order valence-electron chi connectivity index (χ2n) is 8.21. The highest BCUT2D eigenvalue weighted by Crippen LogP contribution is 2.23. The molecule has 0 spiro atoms. The van der Waals surface area contributed by atoms with Crippen LogP contribution < -0.4 is 0 Å². The number of nitrogens with zero attached hydrogens (tertiary/aromatic N) is 2. The third kappa shape index (κ3) is 5.44. The van der Waals surface area contributed by atoms with Crippen LogP contribution in [0.3, 0.4) is 0 Å². The van der Waals surface area contributed by atoms with Crippen molar-refractivity contribution >= 4 is 5.91 Å². The molecular formula is C24H30N2O. The van der Waals surface area contributed by atoms with Crippen molar-refractivity contribution in [3.8, 4) is 6.07 Å². The van der Waals surface area contributed by atoms with Gasteiger partial charge in [0.25, 0.3) is 5.91 Å². The number of benzene rings is 2. The lowest BCUT2D eigenvalue weighted by atomic mass is 9.86. The molecule has 0 bridgehead atoms. The zero-order valence-corrected chi connectivity index (χ0v) is 17.1. The maximum atomic E-state index is 13.2. The molecule has 0 heterocycles. The summed E-state index contributed by atoms with van der Waals surface area (Å²) in [6.07, 6.45) is 1.97. The van der Waals surface area contributed by atoms with Crippen LogP contribution in [0.5, 0.6) is 0 Å². The normalized spacial score (nSPS) is 12.3. The molecular weight excluding hydrogens is 332 g/mol. The number of nitriles is 1. The number of hydrogen-bond acceptors (Lipinski definition) is 2. The standard InChI is InChI=1S/C24H30N2O/c1-6-8-18(2)26(23(27)21-10-7-9-20(15-21)16-25)17-19-11-13-22(14-12-19)24(3,4)5/h7,9-15,18H,6,8,17H2,1-5H3.